The molecule has 0 aliphatic rings. The molecular formula is C14H9BrFN. The first-order valence-corrected chi connectivity index (χ1v) is 5.77. The Bertz CT molecular complexity index is 594. The van der Waals surface area contributed by atoms with Crippen LogP contribution in [0.2, 0.25) is 0 Å². The molecule has 2 aromatic carbocycles. The van der Waals surface area contributed by atoms with E-state index in [1.807, 2.05) is 0 Å². The lowest BCUT2D eigenvalue weighted by Gasteiger charge is -1.95. The van der Waals surface area contributed by atoms with Crippen molar-refractivity contribution >= 4 is 21.6 Å². The lowest BCUT2D eigenvalue weighted by atomic mass is 10.1. The number of rotatable bonds is 0. The fraction of sp³-hybridized carbons (Fsp3) is 0. The molecular weight excluding hydrogens is 281 g/mol. The fourth-order valence-corrected chi connectivity index (χ4v) is 1.63. The van der Waals surface area contributed by atoms with Crippen LogP contribution in [0.1, 0.15) is 11.1 Å². The van der Waals surface area contributed by atoms with Crippen molar-refractivity contribution in [2.75, 3.05) is 5.73 Å². The van der Waals surface area contributed by atoms with Crippen LogP contribution >= 0.6 is 15.9 Å². The van der Waals surface area contributed by atoms with E-state index < -0.39 is 0 Å². The quantitative estimate of drug-likeness (QED) is 0.582. The van der Waals surface area contributed by atoms with Crippen molar-refractivity contribution in [2.45, 2.75) is 0 Å². The first-order chi connectivity index (χ1) is 8.15. The molecule has 0 bridgehead atoms. The van der Waals surface area contributed by atoms with Gasteiger partial charge in [0.25, 0.3) is 0 Å². The molecule has 1 nitrogen and oxygen atoms in total. The second-order valence-electron chi connectivity index (χ2n) is 3.50. The molecule has 0 aliphatic heterocycles. The number of nitrogens with two attached hydrogens (primary N) is 1. The highest BCUT2D eigenvalue weighted by Gasteiger charge is 1.98. The zero-order valence-corrected chi connectivity index (χ0v) is 10.5. The molecule has 0 spiro atoms. The average molecular weight is 290 g/mol. The summed E-state index contributed by atoms with van der Waals surface area (Å²) in [5, 5.41) is 0. The van der Waals surface area contributed by atoms with Crippen LogP contribution in [0.15, 0.2) is 46.9 Å². The van der Waals surface area contributed by atoms with Gasteiger partial charge in [-0.25, -0.2) is 4.39 Å². The zero-order chi connectivity index (χ0) is 12.3. The van der Waals surface area contributed by atoms with E-state index in [0.717, 1.165) is 5.56 Å². The van der Waals surface area contributed by atoms with Gasteiger partial charge in [-0.15, -0.1) is 0 Å². The van der Waals surface area contributed by atoms with Crippen LogP contribution < -0.4 is 5.73 Å². The van der Waals surface area contributed by atoms with Gasteiger partial charge < -0.3 is 5.73 Å². The molecule has 0 fully saturated rings. The molecule has 0 atom stereocenters. The number of hydrogen-bond acceptors (Lipinski definition) is 1. The van der Waals surface area contributed by atoms with Gasteiger partial charge in [0, 0.05) is 15.7 Å². The second-order valence-corrected chi connectivity index (χ2v) is 4.41. The van der Waals surface area contributed by atoms with E-state index in [4.69, 9.17) is 5.73 Å². The van der Waals surface area contributed by atoms with Crippen molar-refractivity contribution in [3.8, 4) is 11.8 Å². The van der Waals surface area contributed by atoms with E-state index in [-0.39, 0.29) is 5.82 Å². The number of benzene rings is 2. The summed E-state index contributed by atoms with van der Waals surface area (Å²) >= 11 is 3.20. The van der Waals surface area contributed by atoms with E-state index in [0.29, 0.717) is 15.7 Å². The minimum atomic E-state index is -0.331. The number of hydrogen-bond donors (Lipinski definition) is 1. The van der Waals surface area contributed by atoms with Crippen molar-refractivity contribution < 1.29 is 4.39 Å². The zero-order valence-electron chi connectivity index (χ0n) is 8.87. The van der Waals surface area contributed by atoms with Crippen molar-refractivity contribution in [1.82, 2.24) is 0 Å². The van der Waals surface area contributed by atoms with Crippen LogP contribution in [-0.4, -0.2) is 0 Å². The lowest BCUT2D eigenvalue weighted by Crippen LogP contribution is -1.85. The van der Waals surface area contributed by atoms with Crippen LogP contribution in [0.25, 0.3) is 0 Å². The van der Waals surface area contributed by atoms with E-state index in [1.54, 1.807) is 36.4 Å². The number of anilines is 1. The average Bonchev–Trinajstić information content (AvgIpc) is 2.30. The SMILES string of the molecule is Nc1ccc(C#Cc2ccc(Br)cc2F)cc1. The summed E-state index contributed by atoms with van der Waals surface area (Å²) in [5.41, 5.74) is 7.43. The maximum Gasteiger partial charge on any atom is 0.139 e. The largest absolute Gasteiger partial charge is 0.399 e. The van der Waals surface area contributed by atoms with Crippen LogP contribution in [-0.2, 0) is 0 Å². The summed E-state index contributed by atoms with van der Waals surface area (Å²) in [6, 6.07) is 11.9. The van der Waals surface area contributed by atoms with Gasteiger partial charge in [0.15, 0.2) is 0 Å². The highest BCUT2D eigenvalue weighted by molar-refractivity contribution is 9.10. The highest BCUT2D eigenvalue weighted by atomic mass is 79.9. The van der Waals surface area contributed by atoms with E-state index in [1.165, 1.54) is 6.07 Å². The molecule has 84 valence electrons. The van der Waals surface area contributed by atoms with Gasteiger partial charge >= 0.3 is 0 Å². The summed E-state index contributed by atoms with van der Waals surface area (Å²) in [7, 11) is 0. The monoisotopic (exact) mass is 289 g/mol. The molecule has 0 saturated heterocycles. The maximum atomic E-state index is 13.5. The Labute approximate surface area is 108 Å². The molecule has 2 aromatic rings. The standard InChI is InChI=1S/C14H9BrFN/c15-12-6-5-11(14(16)9-12)4-1-10-2-7-13(17)8-3-10/h2-3,5-9H,17H2. The minimum absolute atomic E-state index is 0.331. The summed E-state index contributed by atoms with van der Waals surface area (Å²) < 4.78 is 14.2. The Morgan fingerprint density at radius 1 is 1.00 bits per heavy atom. The maximum absolute atomic E-state index is 13.5. The third kappa shape index (κ3) is 3.08. The Balaban J connectivity index is 2.29. The summed E-state index contributed by atoms with van der Waals surface area (Å²) in [5.74, 6) is 5.35. The highest BCUT2D eigenvalue weighted by Crippen LogP contribution is 2.14. The predicted molar refractivity (Wildman–Crippen MR) is 70.9 cm³/mol. The first kappa shape index (κ1) is 11.7. The summed E-state index contributed by atoms with van der Waals surface area (Å²) in [4.78, 5) is 0. The van der Waals surface area contributed by atoms with E-state index >= 15 is 0 Å². The normalized spacial score (nSPS) is 9.53. The first-order valence-electron chi connectivity index (χ1n) is 4.98. The summed E-state index contributed by atoms with van der Waals surface area (Å²) in [6.45, 7) is 0. The molecule has 17 heavy (non-hydrogen) atoms. The Kier molecular flexibility index (Phi) is 3.46. The fourth-order valence-electron chi connectivity index (χ4n) is 1.30. The Hall–Kier alpha value is -1.79. The smallest absolute Gasteiger partial charge is 0.139 e. The van der Waals surface area contributed by atoms with Crippen LogP contribution in [0.4, 0.5) is 10.1 Å². The molecule has 0 aliphatic carbocycles. The van der Waals surface area contributed by atoms with Gasteiger partial charge in [-0.1, -0.05) is 27.8 Å². The van der Waals surface area contributed by atoms with Gasteiger partial charge in [0.05, 0.1) is 5.56 Å². The predicted octanol–water partition coefficient (Wildman–Crippen LogP) is 3.57. The van der Waals surface area contributed by atoms with Crippen LogP contribution in [0, 0.1) is 17.7 Å². The minimum Gasteiger partial charge on any atom is -0.399 e. The number of halogens is 2. The van der Waals surface area contributed by atoms with Gasteiger partial charge in [-0.2, -0.15) is 0 Å². The Morgan fingerprint density at radius 2 is 1.71 bits per heavy atom. The van der Waals surface area contributed by atoms with Gasteiger partial charge in [-0.05, 0) is 42.5 Å². The molecule has 0 amide bonds. The lowest BCUT2D eigenvalue weighted by molar-refractivity contribution is 0.623. The van der Waals surface area contributed by atoms with Crippen molar-refractivity contribution in [2.24, 2.45) is 0 Å². The van der Waals surface area contributed by atoms with Crippen LogP contribution in [0.5, 0.6) is 0 Å². The van der Waals surface area contributed by atoms with Gasteiger partial charge in [0.2, 0.25) is 0 Å². The van der Waals surface area contributed by atoms with Gasteiger partial charge in [-0.3, -0.25) is 0 Å². The topological polar surface area (TPSA) is 26.0 Å². The van der Waals surface area contributed by atoms with Crippen molar-refractivity contribution in [1.29, 1.82) is 0 Å². The van der Waals surface area contributed by atoms with Gasteiger partial charge in [0.1, 0.15) is 5.82 Å². The molecule has 0 unspecified atom stereocenters. The van der Waals surface area contributed by atoms with E-state index in [9.17, 15) is 4.39 Å². The third-order valence-electron chi connectivity index (χ3n) is 2.18. The number of nitrogen functional groups attached to an aromatic ring is 1. The molecule has 2 rings (SSSR count). The molecule has 0 heterocycles. The van der Waals surface area contributed by atoms with Crippen molar-refractivity contribution in [3.63, 3.8) is 0 Å². The van der Waals surface area contributed by atoms with Crippen molar-refractivity contribution in [3.05, 3.63) is 63.9 Å². The molecule has 0 radical (unpaired) electrons. The van der Waals surface area contributed by atoms with E-state index in [2.05, 4.69) is 27.8 Å². The van der Waals surface area contributed by atoms with Crippen LogP contribution in [0.3, 0.4) is 0 Å². The molecule has 0 saturated carbocycles. The third-order valence-corrected chi connectivity index (χ3v) is 2.68. The second kappa shape index (κ2) is 5.03. The molecule has 2 N–H and O–H groups in total. The molecule has 3 heteroatoms. The summed E-state index contributed by atoms with van der Waals surface area (Å²) in [6.07, 6.45) is 0. The Morgan fingerprint density at radius 3 is 2.35 bits per heavy atom. The molecule has 0 aromatic heterocycles.